The van der Waals surface area contributed by atoms with E-state index < -0.39 is 0 Å². The smallest absolute Gasteiger partial charge is 0.172 e. The van der Waals surface area contributed by atoms with Gasteiger partial charge in [0.15, 0.2) is 5.16 Å². The molecule has 0 fully saturated rings. The number of hydrogen-bond donors (Lipinski definition) is 0. The lowest BCUT2D eigenvalue weighted by molar-refractivity contribution is 0.887. The van der Waals surface area contributed by atoms with Crippen molar-refractivity contribution in [1.82, 2.24) is 14.5 Å². The van der Waals surface area contributed by atoms with Crippen molar-refractivity contribution >= 4 is 23.4 Å². The van der Waals surface area contributed by atoms with Crippen LogP contribution in [-0.4, -0.2) is 14.5 Å². The molecule has 5 heteroatoms. The van der Waals surface area contributed by atoms with E-state index in [1.165, 1.54) is 0 Å². The number of pyridine rings is 1. The average molecular weight is 316 g/mol. The van der Waals surface area contributed by atoms with Crippen molar-refractivity contribution in [3.8, 4) is 5.69 Å². The molecule has 0 saturated carbocycles. The Hall–Kier alpha value is -1.78. The molecule has 2 aromatic heterocycles. The summed E-state index contributed by atoms with van der Waals surface area (Å²) in [5.41, 5.74) is 3.15. The first-order chi connectivity index (χ1) is 10.3. The van der Waals surface area contributed by atoms with Crippen molar-refractivity contribution in [2.45, 2.75) is 17.8 Å². The molecule has 0 radical (unpaired) electrons. The number of nitrogens with zero attached hydrogens (tertiary/aromatic N) is 3. The molecule has 0 amide bonds. The van der Waals surface area contributed by atoms with Gasteiger partial charge in [0.05, 0.1) is 11.4 Å². The zero-order valence-electron chi connectivity index (χ0n) is 11.5. The Bertz CT molecular complexity index is 740. The molecule has 1 aromatic carbocycles. The topological polar surface area (TPSA) is 30.7 Å². The number of thioether (sulfide) groups is 1. The van der Waals surface area contributed by atoms with Crippen LogP contribution in [0.3, 0.4) is 0 Å². The second-order valence-corrected chi connectivity index (χ2v) is 5.92. The maximum absolute atomic E-state index is 6.21. The second kappa shape index (κ2) is 6.33. The first-order valence-electron chi connectivity index (χ1n) is 6.57. The Balaban J connectivity index is 1.86. The van der Waals surface area contributed by atoms with Crippen molar-refractivity contribution in [3.63, 3.8) is 0 Å². The van der Waals surface area contributed by atoms with Crippen LogP contribution in [0, 0.1) is 6.92 Å². The summed E-state index contributed by atoms with van der Waals surface area (Å²) in [6, 6.07) is 11.8. The Kier molecular flexibility index (Phi) is 4.27. The van der Waals surface area contributed by atoms with Gasteiger partial charge in [-0.3, -0.25) is 9.55 Å². The summed E-state index contributed by atoms with van der Waals surface area (Å²) >= 11 is 7.87. The minimum absolute atomic E-state index is 0.766. The molecule has 3 aromatic rings. The summed E-state index contributed by atoms with van der Waals surface area (Å²) < 4.78 is 2.06. The largest absolute Gasteiger partial charge is 0.295 e. The zero-order chi connectivity index (χ0) is 14.7. The van der Waals surface area contributed by atoms with Crippen molar-refractivity contribution in [3.05, 3.63) is 71.3 Å². The second-order valence-electron chi connectivity index (χ2n) is 4.57. The Morgan fingerprint density at radius 1 is 1.10 bits per heavy atom. The van der Waals surface area contributed by atoms with E-state index in [1.54, 1.807) is 18.0 Å². The molecule has 3 rings (SSSR count). The van der Waals surface area contributed by atoms with Crippen LogP contribution in [0.4, 0.5) is 0 Å². The van der Waals surface area contributed by atoms with E-state index in [0.29, 0.717) is 0 Å². The van der Waals surface area contributed by atoms with Crippen molar-refractivity contribution in [2.75, 3.05) is 0 Å². The Morgan fingerprint density at radius 3 is 2.81 bits per heavy atom. The molecule has 0 aliphatic rings. The van der Waals surface area contributed by atoms with Crippen LogP contribution in [0.1, 0.15) is 11.3 Å². The third kappa shape index (κ3) is 3.12. The van der Waals surface area contributed by atoms with Gasteiger partial charge in [-0.05, 0) is 36.8 Å². The molecule has 0 aliphatic heterocycles. The highest BCUT2D eigenvalue weighted by atomic mass is 35.5. The molecule has 2 heterocycles. The Labute approximate surface area is 133 Å². The molecule has 0 saturated heterocycles. The van der Waals surface area contributed by atoms with Crippen LogP contribution >= 0.6 is 23.4 Å². The van der Waals surface area contributed by atoms with Crippen molar-refractivity contribution < 1.29 is 0 Å². The van der Waals surface area contributed by atoms with Gasteiger partial charge in [-0.2, -0.15) is 0 Å². The minimum atomic E-state index is 0.766. The van der Waals surface area contributed by atoms with Gasteiger partial charge in [0.25, 0.3) is 0 Å². The van der Waals surface area contributed by atoms with E-state index in [2.05, 4.69) is 14.5 Å². The summed E-state index contributed by atoms with van der Waals surface area (Å²) in [5, 5.41) is 1.70. The van der Waals surface area contributed by atoms with E-state index in [-0.39, 0.29) is 0 Å². The highest BCUT2D eigenvalue weighted by Gasteiger charge is 2.10. The molecule has 3 nitrogen and oxygen atoms in total. The molecule has 0 aliphatic carbocycles. The lowest BCUT2D eigenvalue weighted by Gasteiger charge is -2.11. The van der Waals surface area contributed by atoms with Gasteiger partial charge in [0.2, 0.25) is 0 Å². The standard InChI is InChI=1S/C16H14ClN3S/c1-12-14(17)6-4-7-15(12)20-10-9-19-16(20)21-11-13-5-2-3-8-18-13/h2-10H,11H2,1H3. The summed E-state index contributed by atoms with van der Waals surface area (Å²) in [4.78, 5) is 8.77. The third-order valence-corrected chi connectivity index (χ3v) is 4.59. The summed E-state index contributed by atoms with van der Waals surface area (Å²) in [6.07, 6.45) is 5.57. The highest BCUT2D eigenvalue weighted by Crippen LogP contribution is 2.27. The van der Waals surface area contributed by atoms with Gasteiger partial charge in [-0.1, -0.05) is 35.5 Å². The molecule has 106 valence electrons. The SMILES string of the molecule is Cc1c(Cl)cccc1-n1ccnc1SCc1ccccn1. The van der Waals surface area contributed by atoms with E-state index in [4.69, 9.17) is 11.6 Å². The molecule has 0 spiro atoms. The molecular formula is C16H14ClN3S. The lowest BCUT2D eigenvalue weighted by Crippen LogP contribution is -1.98. The van der Waals surface area contributed by atoms with Crippen LogP contribution in [0.15, 0.2) is 60.1 Å². The predicted octanol–water partition coefficient (Wildman–Crippen LogP) is 4.52. The number of rotatable bonds is 4. The van der Waals surface area contributed by atoms with Crippen LogP contribution in [0.2, 0.25) is 5.02 Å². The first kappa shape index (κ1) is 14.2. The number of aromatic nitrogens is 3. The van der Waals surface area contributed by atoms with Crippen molar-refractivity contribution in [1.29, 1.82) is 0 Å². The molecule has 0 atom stereocenters. The summed E-state index contributed by atoms with van der Waals surface area (Å²) in [6.45, 7) is 2.02. The number of hydrogen-bond acceptors (Lipinski definition) is 3. The van der Waals surface area contributed by atoms with Gasteiger partial charge >= 0.3 is 0 Å². The molecular weight excluding hydrogens is 302 g/mol. The Morgan fingerprint density at radius 2 is 2.00 bits per heavy atom. The van der Waals surface area contributed by atoms with Gasteiger partial charge in [-0.25, -0.2) is 4.98 Å². The molecule has 0 N–H and O–H groups in total. The lowest BCUT2D eigenvalue weighted by atomic mass is 10.2. The van der Waals surface area contributed by atoms with Crippen LogP contribution < -0.4 is 0 Å². The zero-order valence-corrected chi connectivity index (χ0v) is 13.1. The van der Waals surface area contributed by atoms with Crippen LogP contribution in [-0.2, 0) is 5.75 Å². The van der Waals surface area contributed by atoms with Crippen LogP contribution in [0.25, 0.3) is 5.69 Å². The average Bonchev–Trinajstić information content (AvgIpc) is 2.97. The van der Waals surface area contributed by atoms with E-state index in [9.17, 15) is 0 Å². The quantitative estimate of drug-likeness (QED) is 0.663. The monoisotopic (exact) mass is 315 g/mol. The fourth-order valence-corrected chi connectivity index (χ4v) is 3.11. The maximum Gasteiger partial charge on any atom is 0.172 e. The highest BCUT2D eigenvalue weighted by molar-refractivity contribution is 7.98. The van der Waals surface area contributed by atoms with E-state index in [1.807, 2.05) is 55.7 Å². The minimum Gasteiger partial charge on any atom is -0.295 e. The number of benzene rings is 1. The fraction of sp³-hybridized carbons (Fsp3) is 0.125. The number of halogens is 1. The summed E-state index contributed by atoms with van der Waals surface area (Å²) in [7, 11) is 0. The molecule has 0 bridgehead atoms. The molecule has 0 unspecified atom stereocenters. The van der Waals surface area contributed by atoms with Crippen molar-refractivity contribution in [2.24, 2.45) is 0 Å². The van der Waals surface area contributed by atoms with Gasteiger partial charge < -0.3 is 0 Å². The van der Waals surface area contributed by atoms with E-state index >= 15 is 0 Å². The normalized spacial score (nSPS) is 10.8. The maximum atomic E-state index is 6.21. The van der Waals surface area contributed by atoms with Crippen LogP contribution in [0.5, 0.6) is 0 Å². The van der Waals surface area contributed by atoms with Gasteiger partial charge in [0, 0.05) is 29.4 Å². The van der Waals surface area contributed by atoms with Gasteiger partial charge in [-0.15, -0.1) is 0 Å². The van der Waals surface area contributed by atoms with E-state index in [0.717, 1.165) is 32.9 Å². The van der Waals surface area contributed by atoms with Gasteiger partial charge in [0.1, 0.15) is 0 Å². The predicted molar refractivity (Wildman–Crippen MR) is 87.1 cm³/mol. The third-order valence-electron chi connectivity index (χ3n) is 3.18. The first-order valence-corrected chi connectivity index (χ1v) is 7.93. The summed E-state index contributed by atoms with van der Waals surface area (Å²) in [5.74, 6) is 0.789. The molecule has 21 heavy (non-hydrogen) atoms. The number of imidazole rings is 1. The fourth-order valence-electron chi connectivity index (χ4n) is 2.06.